The maximum Gasteiger partial charge on any atom is 0.397 e. The van der Waals surface area contributed by atoms with E-state index in [-0.39, 0.29) is 166 Å². The quantitative estimate of drug-likeness (QED) is 0.00985. The molecule has 4 heterocycles. The van der Waals surface area contributed by atoms with Crippen LogP contribution in [0.3, 0.4) is 0 Å². The van der Waals surface area contributed by atoms with Crippen molar-refractivity contribution in [3.05, 3.63) is 48.6 Å². The van der Waals surface area contributed by atoms with Gasteiger partial charge in [-0.3, -0.25) is 85.5 Å². The van der Waals surface area contributed by atoms with Crippen molar-refractivity contribution in [3.63, 3.8) is 0 Å². The van der Waals surface area contributed by atoms with Crippen molar-refractivity contribution in [1.82, 2.24) is 9.80 Å². The summed E-state index contributed by atoms with van der Waals surface area (Å²) < 4.78 is 140. The van der Waals surface area contributed by atoms with Crippen molar-refractivity contribution in [2.45, 2.75) is 186 Å². The van der Waals surface area contributed by atoms with E-state index < -0.39 is 150 Å². The number of hydrogen-bond acceptors (Lipinski definition) is 28. The molecule has 16 unspecified atom stereocenters. The van der Waals surface area contributed by atoms with Gasteiger partial charge in [0.2, 0.25) is 23.6 Å². The number of hydrogen-bond donors (Lipinski definition) is 10. The molecule has 8 rings (SSSR count). The molecule has 38 nitrogen and oxygen atoms in total. The van der Waals surface area contributed by atoms with E-state index in [0.717, 1.165) is 61.2 Å². The molecule has 0 spiro atoms. The monoisotopic (exact) mass is 1710 g/mol. The number of esters is 4. The molecule has 8 aliphatic rings. The first-order valence-corrected chi connectivity index (χ1v) is 41.7. The highest BCUT2D eigenvalue weighted by Crippen LogP contribution is 2.48. The van der Waals surface area contributed by atoms with Crippen molar-refractivity contribution in [2.75, 3.05) is 52.6 Å². The summed E-state index contributed by atoms with van der Waals surface area (Å²) >= 11 is 0. The number of nitrogens with zero attached hydrogens (tertiary/aromatic N) is 2. The second-order valence-corrected chi connectivity index (χ2v) is 31.4. The van der Waals surface area contributed by atoms with Gasteiger partial charge in [0.05, 0.1) is 86.9 Å². The van der Waals surface area contributed by atoms with E-state index in [0.29, 0.717) is 51.4 Å². The maximum atomic E-state index is 12.9. The Balaban J connectivity index is 0. The number of amides is 4. The van der Waals surface area contributed by atoms with Crippen LogP contribution in [-0.4, -0.2) is 206 Å². The molecular formula is C72H120N4O34S4. The number of carboxylic acids is 4. The molecule has 16 atom stereocenters. The zero-order valence-electron chi connectivity index (χ0n) is 61.5. The van der Waals surface area contributed by atoms with Gasteiger partial charge in [-0.15, -0.1) is 0 Å². The van der Waals surface area contributed by atoms with Crippen LogP contribution in [-0.2, 0) is 125 Å². The summed E-state index contributed by atoms with van der Waals surface area (Å²) in [5.41, 5.74) is 9.67. The molecule has 656 valence electrons. The number of carbonyl (C=O) groups excluding carboxylic acids is 8. The highest BCUT2D eigenvalue weighted by molar-refractivity contribution is 7.81. The number of cyclic esters (lactones) is 4. The Morgan fingerprint density at radius 3 is 0.675 bits per heavy atom. The van der Waals surface area contributed by atoms with Crippen LogP contribution in [0.2, 0.25) is 0 Å². The second kappa shape index (κ2) is 52.5. The maximum absolute atomic E-state index is 12.9. The summed E-state index contributed by atoms with van der Waals surface area (Å²) in [5, 5.41) is 35.0. The molecule has 0 aromatic heterocycles. The van der Waals surface area contributed by atoms with Gasteiger partial charge in [0.1, 0.15) is 0 Å². The highest BCUT2D eigenvalue weighted by Gasteiger charge is 2.57. The molecular weight excluding hydrogens is 1590 g/mol. The number of carboxylic acid groups (broad SMARTS) is 4. The number of allylic oxidation sites excluding steroid dienone is 8. The van der Waals surface area contributed by atoms with Crippen molar-refractivity contribution in [2.24, 2.45) is 106 Å². The fourth-order valence-corrected chi connectivity index (χ4v) is 16.2. The summed E-state index contributed by atoms with van der Waals surface area (Å²) in [6.45, 7) is 6.31. The van der Waals surface area contributed by atoms with Crippen molar-refractivity contribution in [1.29, 1.82) is 0 Å². The van der Waals surface area contributed by atoms with Gasteiger partial charge in [-0.2, -0.15) is 33.7 Å². The Labute approximate surface area is 668 Å². The van der Waals surface area contributed by atoms with Crippen LogP contribution in [0.15, 0.2) is 48.6 Å². The smallest absolute Gasteiger partial charge is 0.397 e. The highest BCUT2D eigenvalue weighted by atomic mass is 32.3. The number of imide groups is 2. The number of fused-ring (bicyclic) bond motifs is 4. The van der Waals surface area contributed by atoms with Crippen LogP contribution in [0.25, 0.3) is 0 Å². The lowest BCUT2D eigenvalue weighted by Crippen LogP contribution is -2.35. The first-order chi connectivity index (χ1) is 51.5. The van der Waals surface area contributed by atoms with Gasteiger partial charge in [0.15, 0.2) is 0 Å². The number of ether oxygens (including phenoxy) is 2. The van der Waals surface area contributed by atoms with Crippen molar-refractivity contribution >= 4 is 113 Å². The Kier molecular flexibility index (Phi) is 50.1. The van der Waals surface area contributed by atoms with Crippen LogP contribution in [0.4, 0.5) is 0 Å². The second-order valence-electron chi connectivity index (χ2n) is 27.1. The summed E-state index contributed by atoms with van der Waals surface area (Å²) in [7, 11) is -17.8. The first-order valence-electron chi connectivity index (χ1n) is 36.2. The zero-order chi connectivity index (χ0) is 83.0. The van der Waals surface area contributed by atoms with Crippen LogP contribution in [0.5, 0.6) is 0 Å². The number of aliphatic carboxylic acids is 4. The topological polar surface area (TPSA) is 617 Å². The lowest BCUT2D eigenvalue weighted by Gasteiger charge is -2.32. The molecule has 4 aliphatic heterocycles. The van der Waals surface area contributed by atoms with Gasteiger partial charge < -0.3 is 41.4 Å². The van der Waals surface area contributed by atoms with Crippen LogP contribution >= 0.6 is 0 Å². The zero-order valence-corrected chi connectivity index (χ0v) is 64.8. The van der Waals surface area contributed by atoms with E-state index in [1.807, 2.05) is 76.3 Å². The van der Waals surface area contributed by atoms with Gasteiger partial charge in [0.25, 0.3) is 0 Å². The Morgan fingerprint density at radius 2 is 0.509 bits per heavy atom. The van der Waals surface area contributed by atoms with E-state index in [2.05, 4.69) is 16.7 Å². The minimum Gasteiger partial charge on any atom is -0.481 e. The van der Waals surface area contributed by atoms with Gasteiger partial charge in [-0.1, -0.05) is 132 Å². The standard InChI is InChI=1S/2C17H25NO8S.2C15H20O5.2C2H7NO4S.4CH4/c2*1-2-4-11-7-8-12(5-3-6-13(19)20)15-14(11)16(21)18(17(15)22)9-10-26-27(23,24)25;2*1-2-4-9-7-8-10(5-3-6-11(16)17)13-12(9)14(18)20-15(13)19;2*3-1-2-7-8(4,5)6;;;;/h2*7-8,11-12,14-15H,2-6,9-10H2,1H3,(H,19,20)(H,23,24,25);2*7-10,12-13H,2-6H2,1H3,(H,16,17);2*1-3H2,(H,4,5,6);4*1H4. The largest absolute Gasteiger partial charge is 0.481 e. The molecule has 4 amide bonds. The van der Waals surface area contributed by atoms with Crippen LogP contribution in [0.1, 0.15) is 186 Å². The third-order valence-electron chi connectivity index (χ3n) is 19.4. The summed E-state index contributed by atoms with van der Waals surface area (Å²) in [5.74, 6) is -11.1. The normalized spacial score (nSPS) is 26.1. The molecule has 0 aromatic carbocycles. The molecule has 4 saturated heterocycles. The van der Waals surface area contributed by atoms with E-state index in [1.54, 1.807) is 0 Å². The first kappa shape index (κ1) is 109. The lowest BCUT2D eigenvalue weighted by atomic mass is 9.69. The Morgan fingerprint density at radius 1 is 0.333 bits per heavy atom. The molecule has 0 aromatic rings. The Bertz CT molecular complexity index is 3530. The fourth-order valence-electron chi connectivity index (χ4n) is 15.0. The molecule has 114 heavy (non-hydrogen) atoms. The van der Waals surface area contributed by atoms with Gasteiger partial charge in [-0.25, -0.2) is 16.7 Å². The van der Waals surface area contributed by atoms with E-state index >= 15 is 0 Å². The van der Waals surface area contributed by atoms with Crippen molar-refractivity contribution < 1.29 is 156 Å². The van der Waals surface area contributed by atoms with Gasteiger partial charge in [0, 0.05) is 38.8 Å². The predicted molar refractivity (Wildman–Crippen MR) is 409 cm³/mol. The van der Waals surface area contributed by atoms with E-state index in [9.17, 15) is 91.2 Å². The van der Waals surface area contributed by atoms with Gasteiger partial charge in [-0.05, 0) is 124 Å². The molecule has 0 bridgehead atoms. The third-order valence-corrected chi connectivity index (χ3v) is 21.2. The number of carbonyl (C=O) groups is 12. The number of likely N-dealkylation sites (tertiary alicyclic amines) is 2. The molecule has 4 aliphatic carbocycles. The number of rotatable bonds is 38. The Hall–Kier alpha value is -7.20. The summed E-state index contributed by atoms with van der Waals surface area (Å²) in [6.07, 6.45) is 26.6. The van der Waals surface area contributed by atoms with Crippen molar-refractivity contribution in [3.8, 4) is 0 Å². The number of nitrogens with two attached hydrogens (primary N) is 2. The van der Waals surface area contributed by atoms with E-state index in [4.69, 9.17) is 59.6 Å². The molecule has 4 fully saturated rings. The lowest BCUT2D eigenvalue weighted by molar-refractivity contribution is -0.156. The molecule has 12 N–H and O–H groups in total. The average molecular weight is 1710 g/mol. The molecule has 42 heteroatoms. The SMILES string of the molecule is C.C.C.C.CCCC1C=CC(CCCC(=O)O)C2C(=O)N(CCOS(=O)(=O)O)C(=O)C12.CCCC1C=CC(CCCC(=O)O)C2C(=O)N(CCOS(=O)(=O)O)C(=O)C12.CCCC1C=CC(CCCC(=O)O)C2C(=O)OC(=O)C12.CCCC1C=CC(CCCC(=O)O)C2C(=O)OC(=O)C12.NCCOS(=O)(=O)O.NCCOS(=O)(=O)O. The summed E-state index contributed by atoms with van der Waals surface area (Å²) in [4.78, 5) is 143. The summed E-state index contributed by atoms with van der Waals surface area (Å²) in [6, 6.07) is 0. The minimum atomic E-state index is -4.64. The molecule has 0 radical (unpaired) electrons. The fraction of sp³-hybridized carbons (Fsp3) is 0.722. The molecule has 0 saturated carbocycles. The van der Waals surface area contributed by atoms with Gasteiger partial charge >= 0.3 is 89.4 Å². The van der Waals surface area contributed by atoms with Crippen LogP contribution < -0.4 is 11.5 Å². The average Bonchev–Trinajstić information content (AvgIpc) is 1.62. The third kappa shape index (κ3) is 36.1. The minimum absolute atomic E-state index is 0. The predicted octanol–water partition coefficient (Wildman–Crippen LogP) is 6.92. The van der Waals surface area contributed by atoms with Crippen LogP contribution in [0, 0.1) is 94.7 Å². The van der Waals surface area contributed by atoms with E-state index in [1.165, 1.54) is 0 Å².